The molecule has 246 valence electrons. The molecule has 2 saturated carbocycles. The summed E-state index contributed by atoms with van der Waals surface area (Å²) in [7, 11) is 6.77. The van der Waals surface area contributed by atoms with E-state index in [-0.39, 0.29) is 29.6 Å². The maximum absolute atomic E-state index is 14.3. The van der Waals surface area contributed by atoms with Gasteiger partial charge in [-0.1, -0.05) is 45.0 Å². The number of nitrogens with one attached hydrogen (secondary N) is 1. The second-order valence-electron chi connectivity index (χ2n) is 14.7. The molecule has 0 aliphatic heterocycles. The van der Waals surface area contributed by atoms with Gasteiger partial charge in [-0.2, -0.15) is 0 Å². The van der Waals surface area contributed by atoms with Crippen LogP contribution in [0.2, 0.25) is 0 Å². The van der Waals surface area contributed by atoms with E-state index < -0.39 is 64.4 Å². The number of nitrogens with zero attached hydrogens (tertiary/aromatic N) is 2. The SMILES string of the molecule is CN(C)c1cc(NCc2ccccc2CC(C)(C)C)c(O)c2c1CC1CC3C(N(C)C)C(=O)C(C(N)=O)C(=O)C3(O)C(=O)C1C2=O. The molecule has 2 aromatic carbocycles. The summed E-state index contributed by atoms with van der Waals surface area (Å²) in [6.07, 6.45) is 1.04. The van der Waals surface area contributed by atoms with E-state index in [1.54, 1.807) is 20.2 Å². The number of benzene rings is 2. The number of aliphatic hydroxyl groups is 1. The van der Waals surface area contributed by atoms with Gasteiger partial charge in [-0.3, -0.25) is 28.9 Å². The minimum atomic E-state index is -2.76. The highest BCUT2D eigenvalue weighted by atomic mass is 16.3. The molecule has 2 aromatic rings. The Balaban J connectivity index is 1.57. The first-order valence-corrected chi connectivity index (χ1v) is 15.6. The van der Waals surface area contributed by atoms with Crippen LogP contribution in [0.25, 0.3) is 0 Å². The van der Waals surface area contributed by atoms with Crippen LogP contribution in [0.15, 0.2) is 30.3 Å². The molecule has 3 aliphatic rings. The van der Waals surface area contributed by atoms with Gasteiger partial charge < -0.3 is 26.2 Å². The van der Waals surface area contributed by atoms with E-state index in [1.807, 2.05) is 37.2 Å². The van der Waals surface area contributed by atoms with Crippen LogP contribution in [-0.2, 0) is 38.6 Å². The molecule has 5 N–H and O–H groups in total. The molecule has 0 bridgehead atoms. The number of anilines is 2. The molecule has 6 unspecified atom stereocenters. The average Bonchev–Trinajstić information content (AvgIpc) is 2.94. The predicted octanol–water partition coefficient (Wildman–Crippen LogP) is 2.13. The van der Waals surface area contributed by atoms with Crippen LogP contribution in [0.5, 0.6) is 5.75 Å². The number of ketones is 4. The van der Waals surface area contributed by atoms with Crippen molar-refractivity contribution in [1.82, 2.24) is 4.90 Å². The Kier molecular flexibility index (Phi) is 8.40. The molecular weight excluding hydrogens is 588 g/mol. The van der Waals surface area contributed by atoms with Gasteiger partial charge in [-0.05, 0) is 67.4 Å². The van der Waals surface area contributed by atoms with E-state index in [0.717, 1.165) is 17.5 Å². The number of aromatic hydroxyl groups is 1. The van der Waals surface area contributed by atoms with Crippen LogP contribution < -0.4 is 16.0 Å². The minimum absolute atomic E-state index is 0.00207. The van der Waals surface area contributed by atoms with E-state index in [0.29, 0.717) is 23.5 Å². The lowest BCUT2D eigenvalue weighted by atomic mass is 9.52. The second-order valence-corrected chi connectivity index (χ2v) is 14.7. The molecule has 0 radical (unpaired) electrons. The van der Waals surface area contributed by atoms with Crippen LogP contribution in [0.3, 0.4) is 0 Å². The standard InChI is InChI=1S/C35H44N4O7/c1-34(2,3)15-17-10-8-9-11-18(17)16-37-22-14-23(38(4)5)20-12-19-13-21-27(39(6)7)30(42)26(33(36)45)32(44)35(21,46)31(43)24(19)29(41)25(20)28(22)40/h8-11,14,19,21,24,26-27,37,40,46H,12-13,15-16H2,1-7H3,(H2,36,45). The first-order valence-electron chi connectivity index (χ1n) is 15.6. The Hall–Kier alpha value is -4.09. The van der Waals surface area contributed by atoms with Gasteiger partial charge in [0.15, 0.2) is 34.7 Å². The molecule has 2 fully saturated rings. The van der Waals surface area contributed by atoms with Crippen molar-refractivity contribution in [3.63, 3.8) is 0 Å². The number of Topliss-reactive ketones (excluding diaryl/α,β-unsaturated/α-hetero) is 4. The number of hydrogen-bond acceptors (Lipinski definition) is 10. The predicted molar refractivity (Wildman–Crippen MR) is 173 cm³/mol. The number of likely N-dealkylation sites (N-methyl/N-ethyl adjacent to an activating group) is 1. The first-order chi connectivity index (χ1) is 21.4. The number of fused-ring (bicyclic) bond motifs is 3. The van der Waals surface area contributed by atoms with Gasteiger partial charge in [-0.15, -0.1) is 0 Å². The zero-order valence-corrected chi connectivity index (χ0v) is 27.5. The molecule has 5 rings (SSSR count). The van der Waals surface area contributed by atoms with Crippen molar-refractivity contribution in [2.75, 3.05) is 38.4 Å². The smallest absolute Gasteiger partial charge is 0.235 e. The fourth-order valence-corrected chi connectivity index (χ4v) is 7.85. The zero-order chi connectivity index (χ0) is 34.0. The lowest BCUT2D eigenvalue weighted by Gasteiger charge is -2.52. The monoisotopic (exact) mass is 632 g/mol. The number of carbonyl (C=O) groups excluding carboxylic acids is 5. The number of amides is 1. The van der Waals surface area contributed by atoms with Crippen molar-refractivity contribution in [1.29, 1.82) is 0 Å². The lowest BCUT2D eigenvalue weighted by molar-refractivity contribution is -0.181. The summed E-state index contributed by atoms with van der Waals surface area (Å²) in [4.78, 5) is 70.9. The molecule has 1 amide bonds. The van der Waals surface area contributed by atoms with Crippen LogP contribution in [0.1, 0.15) is 54.2 Å². The number of phenolic OH excluding ortho intramolecular Hbond substituents is 1. The fraction of sp³-hybridized carbons (Fsp3) is 0.514. The Morgan fingerprint density at radius 3 is 2.24 bits per heavy atom. The van der Waals surface area contributed by atoms with Gasteiger partial charge >= 0.3 is 0 Å². The van der Waals surface area contributed by atoms with Crippen molar-refractivity contribution < 1.29 is 34.2 Å². The van der Waals surface area contributed by atoms with Crippen LogP contribution >= 0.6 is 0 Å². The van der Waals surface area contributed by atoms with Gasteiger partial charge in [0.05, 0.1) is 23.2 Å². The first kappa shape index (κ1) is 33.3. The number of phenols is 1. The summed E-state index contributed by atoms with van der Waals surface area (Å²) in [5.74, 6) is -10.7. The third kappa shape index (κ3) is 5.29. The number of nitrogens with two attached hydrogens (primary N) is 1. The summed E-state index contributed by atoms with van der Waals surface area (Å²) in [6.45, 7) is 6.85. The van der Waals surface area contributed by atoms with Crippen molar-refractivity contribution in [2.45, 2.75) is 58.2 Å². The van der Waals surface area contributed by atoms with E-state index in [4.69, 9.17) is 5.73 Å². The maximum atomic E-state index is 14.3. The van der Waals surface area contributed by atoms with Gasteiger partial charge in [0.2, 0.25) is 5.91 Å². The van der Waals surface area contributed by atoms with Crippen molar-refractivity contribution in [3.8, 4) is 5.75 Å². The quantitative estimate of drug-likeness (QED) is 0.262. The number of primary amides is 1. The molecule has 0 heterocycles. The molecule has 11 nitrogen and oxygen atoms in total. The Bertz CT molecular complexity index is 1640. The van der Waals surface area contributed by atoms with E-state index >= 15 is 0 Å². The number of carbonyl (C=O) groups is 5. The van der Waals surface area contributed by atoms with E-state index in [2.05, 4.69) is 32.2 Å². The molecule has 3 aliphatic carbocycles. The highest BCUT2D eigenvalue weighted by molar-refractivity contribution is 6.32. The molecule has 6 atom stereocenters. The zero-order valence-electron chi connectivity index (χ0n) is 27.5. The van der Waals surface area contributed by atoms with Crippen molar-refractivity contribution >= 4 is 40.4 Å². The largest absolute Gasteiger partial charge is 0.505 e. The Morgan fingerprint density at radius 2 is 1.67 bits per heavy atom. The van der Waals surface area contributed by atoms with Crippen LogP contribution in [-0.4, -0.2) is 84.0 Å². The van der Waals surface area contributed by atoms with Gasteiger partial charge in [-0.25, -0.2) is 0 Å². The normalized spacial score (nSPS) is 27.6. The van der Waals surface area contributed by atoms with Gasteiger partial charge in [0.25, 0.3) is 0 Å². The van der Waals surface area contributed by atoms with Crippen LogP contribution in [0, 0.1) is 29.1 Å². The molecule has 11 heteroatoms. The Morgan fingerprint density at radius 1 is 1.04 bits per heavy atom. The van der Waals surface area contributed by atoms with E-state index in [9.17, 15) is 34.2 Å². The summed E-state index contributed by atoms with van der Waals surface area (Å²) >= 11 is 0. The van der Waals surface area contributed by atoms with Crippen molar-refractivity contribution in [2.24, 2.45) is 34.8 Å². The fourth-order valence-electron chi connectivity index (χ4n) is 7.85. The van der Waals surface area contributed by atoms with Crippen molar-refractivity contribution in [3.05, 3.63) is 52.6 Å². The molecular formula is C35H44N4O7. The highest BCUT2D eigenvalue weighted by Gasteiger charge is 2.69. The number of rotatable bonds is 7. The topological polar surface area (TPSA) is 170 Å². The molecule has 0 saturated heterocycles. The van der Waals surface area contributed by atoms with Gasteiger partial charge in [0.1, 0.15) is 5.75 Å². The lowest BCUT2D eigenvalue weighted by Crippen LogP contribution is -2.74. The Labute approximate surface area is 269 Å². The maximum Gasteiger partial charge on any atom is 0.235 e. The van der Waals surface area contributed by atoms with Gasteiger partial charge in [0, 0.05) is 32.2 Å². The third-order valence-electron chi connectivity index (χ3n) is 9.83. The third-order valence-corrected chi connectivity index (χ3v) is 9.83. The summed E-state index contributed by atoms with van der Waals surface area (Å²) in [6, 6.07) is 8.65. The number of hydrogen-bond donors (Lipinski definition) is 4. The molecule has 46 heavy (non-hydrogen) atoms. The second kappa shape index (κ2) is 11.6. The summed E-state index contributed by atoms with van der Waals surface area (Å²) in [5, 5.41) is 26.7. The highest BCUT2D eigenvalue weighted by Crippen LogP contribution is 2.52. The minimum Gasteiger partial charge on any atom is -0.505 e. The molecule has 0 aromatic heterocycles. The summed E-state index contributed by atoms with van der Waals surface area (Å²) < 4.78 is 0. The summed E-state index contributed by atoms with van der Waals surface area (Å²) in [5.41, 5.74) is 6.39. The molecule has 0 spiro atoms. The average molecular weight is 633 g/mol. The van der Waals surface area contributed by atoms with E-state index in [1.165, 1.54) is 4.90 Å². The van der Waals surface area contributed by atoms with Crippen LogP contribution in [0.4, 0.5) is 11.4 Å².